The number of thiophene rings is 1. The molecule has 29 heavy (non-hydrogen) atoms. The SMILES string of the molecule is O=C(Nc1cccc(NC(=O)C2CC2)c1)c1c(-n2cccc2)sc2c1CCSC2. The van der Waals surface area contributed by atoms with Gasteiger partial charge in [0.1, 0.15) is 5.00 Å². The van der Waals surface area contributed by atoms with Gasteiger partial charge in [-0.15, -0.1) is 11.3 Å². The van der Waals surface area contributed by atoms with Crippen LogP contribution in [0.3, 0.4) is 0 Å². The van der Waals surface area contributed by atoms with Gasteiger partial charge in [0.2, 0.25) is 5.91 Å². The van der Waals surface area contributed by atoms with E-state index < -0.39 is 0 Å². The zero-order valence-electron chi connectivity index (χ0n) is 15.8. The normalized spacial score (nSPS) is 15.6. The van der Waals surface area contributed by atoms with Crippen LogP contribution < -0.4 is 10.6 Å². The minimum Gasteiger partial charge on any atom is -0.326 e. The minimum absolute atomic E-state index is 0.0628. The van der Waals surface area contributed by atoms with Gasteiger partial charge in [0.05, 0.1) is 5.56 Å². The van der Waals surface area contributed by atoms with Gasteiger partial charge in [0, 0.05) is 40.3 Å². The van der Waals surface area contributed by atoms with Crippen LogP contribution in [0.5, 0.6) is 0 Å². The van der Waals surface area contributed by atoms with Crippen LogP contribution in [0.4, 0.5) is 11.4 Å². The molecule has 0 unspecified atom stereocenters. The number of aromatic nitrogens is 1. The summed E-state index contributed by atoms with van der Waals surface area (Å²) in [5.41, 5.74) is 3.35. The molecular weight excluding hydrogens is 402 g/mol. The standard InChI is InChI=1S/C22H21N3O2S2/c26-20(14-6-7-14)23-15-4-3-5-16(12-15)24-21(27)19-17-8-11-28-13-18(17)29-22(19)25-9-1-2-10-25/h1-5,9-10,12,14H,6-8,11,13H2,(H,23,26)(H,24,27). The van der Waals surface area contributed by atoms with Crippen LogP contribution in [0.1, 0.15) is 33.6 Å². The second kappa shape index (κ2) is 7.72. The van der Waals surface area contributed by atoms with Gasteiger partial charge in [-0.3, -0.25) is 9.59 Å². The molecule has 5 nitrogen and oxygen atoms in total. The molecule has 1 aliphatic heterocycles. The molecule has 0 atom stereocenters. The van der Waals surface area contributed by atoms with E-state index in [0.717, 1.165) is 41.3 Å². The van der Waals surface area contributed by atoms with Gasteiger partial charge in [-0.1, -0.05) is 6.07 Å². The summed E-state index contributed by atoms with van der Waals surface area (Å²) in [5.74, 6) is 2.12. The quantitative estimate of drug-likeness (QED) is 0.612. The van der Waals surface area contributed by atoms with Crippen molar-refractivity contribution in [1.29, 1.82) is 0 Å². The zero-order chi connectivity index (χ0) is 19.8. The Bertz CT molecular complexity index is 1070. The van der Waals surface area contributed by atoms with Crippen LogP contribution in [0.25, 0.3) is 5.00 Å². The molecule has 7 heteroatoms. The van der Waals surface area contributed by atoms with Gasteiger partial charge in [0.15, 0.2) is 0 Å². The summed E-state index contributed by atoms with van der Waals surface area (Å²) < 4.78 is 2.02. The van der Waals surface area contributed by atoms with Crippen LogP contribution in [0.2, 0.25) is 0 Å². The minimum atomic E-state index is -0.0937. The Morgan fingerprint density at radius 3 is 2.55 bits per heavy atom. The summed E-state index contributed by atoms with van der Waals surface area (Å²) in [6.45, 7) is 0. The van der Waals surface area contributed by atoms with E-state index in [0.29, 0.717) is 11.4 Å². The van der Waals surface area contributed by atoms with Gasteiger partial charge >= 0.3 is 0 Å². The number of anilines is 2. The third-order valence-electron chi connectivity index (χ3n) is 5.20. The number of nitrogens with one attached hydrogen (secondary N) is 2. The first-order valence-corrected chi connectivity index (χ1v) is 11.7. The number of carbonyl (C=O) groups is 2. The number of carbonyl (C=O) groups excluding carboxylic acids is 2. The number of benzene rings is 1. The predicted octanol–water partition coefficient (Wildman–Crippen LogP) is 4.93. The molecular formula is C22H21N3O2S2. The average Bonchev–Trinajstić information content (AvgIpc) is 3.29. The van der Waals surface area contributed by atoms with Crippen LogP contribution >= 0.6 is 23.1 Å². The van der Waals surface area contributed by atoms with Crippen LogP contribution in [-0.2, 0) is 17.0 Å². The number of fused-ring (bicyclic) bond motifs is 1. The number of nitrogens with zero attached hydrogens (tertiary/aromatic N) is 1. The summed E-state index contributed by atoms with van der Waals surface area (Å²) in [7, 11) is 0. The predicted molar refractivity (Wildman–Crippen MR) is 119 cm³/mol. The third-order valence-corrected chi connectivity index (χ3v) is 7.62. The molecule has 0 spiro atoms. The highest BCUT2D eigenvalue weighted by Crippen LogP contribution is 2.38. The Balaban J connectivity index is 1.42. The van der Waals surface area contributed by atoms with E-state index in [2.05, 4.69) is 10.6 Å². The van der Waals surface area contributed by atoms with Gasteiger partial charge in [0.25, 0.3) is 5.91 Å². The molecule has 0 bridgehead atoms. The van der Waals surface area contributed by atoms with Crippen LogP contribution in [0, 0.1) is 5.92 Å². The van der Waals surface area contributed by atoms with E-state index in [1.807, 2.05) is 65.1 Å². The fraction of sp³-hybridized carbons (Fsp3) is 0.273. The number of hydrogen-bond donors (Lipinski definition) is 2. The molecule has 1 saturated carbocycles. The largest absolute Gasteiger partial charge is 0.326 e. The molecule has 1 aromatic carbocycles. The van der Waals surface area contributed by atoms with E-state index in [9.17, 15) is 9.59 Å². The molecule has 2 aromatic heterocycles. The topological polar surface area (TPSA) is 63.1 Å². The molecule has 0 radical (unpaired) electrons. The Labute approximate surface area is 177 Å². The average molecular weight is 424 g/mol. The maximum atomic E-state index is 13.3. The second-order valence-electron chi connectivity index (χ2n) is 7.38. The van der Waals surface area contributed by atoms with E-state index in [1.165, 1.54) is 10.4 Å². The van der Waals surface area contributed by atoms with Crippen molar-refractivity contribution in [2.45, 2.75) is 25.0 Å². The number of hydrogen-bond acceptors (Lipinski definition) is 4. The first kappa shape index (κ1) is 18.5. The second-order valence-corrected chi connectivity index (χ2v) is 9.56. The molecule has 3 aromatic rings. The first-order valence-electron chi connectivity index (χ1n) is 9.77. The summed E-state index contributed by atoms with van der Waals surface area (Å²) in [5, 5.41) is 6.96. The van der Waals surface area contributed by atoms with E-state index in [4.69, 9.17) is 0 Å². The highest BCUT2D eigenvalue weighted by Gasteiger charge is 2.30. The summed E-state index contributed by atoms with van der Waals surface area (Å²) in [6, 6.07) is 11.3. The van der Waals surface area contributed by atoms with Gasteiger partial charge in [-0.2, -0.15) is 11.8 Å². The number of thioether (sulfide) groups is 1. The van der Waals surface area contributed by atoms with Crippen molar-refractivity contribution < 1.29 is 9.59 Å². The molecule has 2 aliphatic rings. The Morgan fingerprint density at radius 1 is 1.03 bits per heavy atom. The van der Waals surface area contributed by atoms with E-state index >= 15 is 0 Å². The fourth-order valence-corrected chi connectivity index (χ4v) is 6.01. The van der Waals surface area contributed by atoms with Crippen LogP contribution in [0.15, 0.2) is 48.8 Å². The van der Waals surface area contributed by atoms with Crippen molar-refractivity contribution >= 4 is 46.3 Å². The van der Waals surface area contributed by atoms with E-state index in [-0.39, 0.29) is 17.7 Å². The molecule has 148 valence electrons. The molecule has 2 N–H and O–H groups in total. The molecule has 1 aliphatic carbocycles. The Morgan fingerprint density at radius 2 is 1.79 bits per heavy atom. The first-order chi connectivity index (χ1) is 14.2. The third kappa shape index (κ3) is 3.84. The molecule has 1 fully saturated rings. The van der Waals surface area contributed by atoms with Crippen molar-refractivity contribution in [3.05, 3.63) is 64.8 Å². The van der Waals surface area contributed by atoms with Gasteiger partial charge < -0.3 is 15.2 Å². The summed E-state index contributed by atoms with van der Waals surface area (Å²) in [4.78, 5) is 26.6. The maximum absolute atomic E-state index is 13.3. The lowest BCUT2D eigenvalue weighted by molar-refractivity contribution is -0.117. The molecule has 2 amide bonds. The smallest absolute Gasteiger partial charge is 0.258 e. The molecule has 3 heterocycles. The summed E-state index contributed by atoms with van der Waals surface area (Å²) in [6.07, 6.45) is 6.81. The van der Waals surface area contributed by atoms with Gasteiger partial charge in [-0.25, -0.2) is 0 Å². The van der Waals surface area contributed by atoms with Gasteiger partial charge in [-0.05, 0) is 60.9 Å². The lowest BCUT2D eigenvalue weighted by atomic mass is 10.1. The Hall–Kier alpha value is -2.51. The van der Waals surface area contributed by atoms with Crippen molar-refractivity contribution in [2.24, 2.45) is 5.92 Å². The van der Waals surface area contributed by atoms with Crippen molar-refractivity contribution in [1.82, 2.24) is 4.57 Å². The van der Waals surface area contributed by atoms with E-state index in [1.54, 1.807) is 11.3 Å². The summed E-state index contributed by atoms with van der Waals surface area (Å²) >= 11 is 3.62. The fourth-order valence-electron chi connectivity index (χ4n) is 3.56. The molecule has 5 rings (SSSR count). The zero-order valence-corrected chi connectivity index (χ0v) is 17.4. The lowest BCUT2D eigenvalue weighted by Gasteiger charge is -2.14. The van der Waals surface area contributed by atoms with Crippen molar-refractivity contribution in [2.75, 3.05) is 16.4 Å². The van der Waals surface area contributed by atoms with Crippen molar-refractivity contribution in [3.63, 3.8) is 0 Å². The maximum Gasteiger partial charge on any atom is 0.258 e. The highest BCUT2D eigenvalue weighted by molar-refractivity contribution is 7.98. The van der Waals surface area contributed by atoms with Crippen LogP contribution in [-0.4, -0.2) is 22.1 Å². The van der Waals surface area contributed by atoms with Crippen molar-refractivity contribution in [3.8, 4) is 5.00 Å². The number of rotatable bonds is 5. The number of amides is 2. The Kier molecular flexibility index (Phi) is 4.93. The highest BCUT2D eigenvalue weighted by atomic mass is 32.2. The lowest BCUT2D eigenvalue weighted by Crippen LogP contribution is -2.17. The monoisotopic (exact) mass is 423 g/mol. The molecule has 0 saturated heterocycles.